The largest absolute Gasteiger partial charge is 0.493 e. The maximum atomic E-state index is 12.6. The topological polar surface area (TPSA) is 97.3 Å². The molecule has 1 aliphatic heterocycles. The molecule has 0 saturated carbocycles. The molecule has 1 unspecified atom stereocenters. The number of carbonyl (C=O) groups excluding carboxylic acids is 2. The summed E-state index contributed by atoms with van der Waals surface area (Å²) in [6.45, 7) is 4.11. The van der Waals surface area contributed by atoms with Gasteiger partial charge in [0.2, 0.25) is 17.6 Å². The lowest BCUT2D eigenvalue weighted by atomic mass is 9.98. The molecule has 28 heavy (non-hydrogen) atoms. The average molecular weight is 394 g/mol. The van der Waals surface area contributed by atoms with E-state index >= 15 is 0 Å². The van der Waals surface area contributed by atoms with Gasteiger partial charge < -0.3 is 29.5 Å². The van der Waals surface area contributed by atoms with Crippen molar-refractivity contribution in [2.45, 2.75) is 32.7 Å². The summed E-state index contributed by atoms with van der Waals surface area (Å²) in [5.41, 5.74) is 0.579. The van der Waals surface area contributed by atoms with Crippen LogP contribution in [0.1, 0.15) is 26.7 Å². The second-order valence-corrected chi connectivity index (χ2v) is 6.97. The number of aliphatic hydroxyl groups excluding tert-OH is 1. The molecule has 1 aliphatic rings. The normalized spacial score (nSPS) is 18.6. The molecule has 1 aromatic rings. The van der Waals surface area contributed by atoms with Crippen LogP contribution in [0.25, 0.3) is 0 Å². The fourth-order valence-electron chi connectivity index (χ4n) is 3.31. The van der Waals surface area contributed by atoms with Crippen molar-refractivity contribution in [3.05, 3.63) is 12.1 Å². The monoisotopic (exact) mass is 394 g/mol. The van der Waals surface area contributed by atoms with Crippen molar-refractivity contribution in [1.82, 2.24) is 5.32 Å². The molecule has 8 heteroatoms. The molecule has 1 fully saturated rings. The van der Waals surface area contributed by atoms with Gasteiger partial charge in [0, 0.05) is 25.1 Å². The van der Waals surface area contributed by atoms with E-state index in [1.807, 2.05) is 13.8 Å². The fraction of sp³-hybridized carbons (Fsp3) is 0.600. The van der Waals surface area contributed by atoms with Crippen molar-refractivity contribution in [1.29, 1.82) is 0 Å². The van der Waals surface area contributed by atoms with Crippen molar-refractivity contribution >= 4 is 17.5 Å². The lowest BCUT2D eigenvalue weighted by Crippen LogP contribution is -2.45. The van der Waals surface area contributed by atoms with Gasteiger partial charge in [-0.1, -0.05) is 20.3 Å². The summed E-state index contributed by atoms with van der Waals surface area (Å²) in [6, 6.07) is 3.06. The van der Waals surface area contributed by atoms with Crippen molar-refractivity contribution in [2.75, 3.05) is 39.4 Å². The van der Waals surface area contributed by atoms with Crippen LogP contribution in [0.3, 0.4) is 0 Å². The zero-order chi connectivity index (χ0) is 20.8. The third-order valence-corrected chi connectivity index (χ3v) is 5.31. The Morgan fingerprint density at radius 1 is 1.25 bits per heavy atom. The first kappa shape index (κ1) is 21.8. The van der Waals surface area contributed by atoms with Crippen LogP contribution in [0.4, 0.5) is 5.69 Å². The number of rotatable bonds is 9. The Kier molecular flexibility index (Phi) is 7.51. The summed E-state index contributed by atoms with van der Waals surface area (Å²) < 4.78 is 16.0. The lowest BCUT2D eigenvalue weighted by molar-refractivity contribution is -0.127. The van der Waals surface area contributed by atoms with E-state index in [2.05, 4.69) is 5.32 Å². The summed E-state index contributed by atoms with van der Waals surface area (Å²) >= 11 is 0. The highest BCUT2D eigenvalue weighted by Gasteiger charge is 2.37. The number of methoxy groups -OCH3 is 3. The molecular formula is C20H30N2O6. The first-order chi connectivity index (χ1) is 13.4. The summed E-state index contributed by atoms with van der Waals surface area (Å²) in [7, 11) is 4.52. The molecule has 2 N–H and O–H groups in total. The van der Waals surface area contributed by atoms with Crippen LogP contribution in [0, 0.1) is 11.8 Å². The number of hydrogen-bond donors (Lipinski definition) is 2. The summed E-state index contributed by atoms with van der Waals surface area (Å²) in [5, 5.41) is 12.4. The highest BCUT2D eigenvalue weighted by Crippen LogP contribution is 2.42. The number of nitrogens with zero attached hydrogens (tertiary/aromatic N) is 1. The van der Waals surface area contributed by atoms with Crippen LogP contribution in [0.5, 0.6) is 17.2 Å². The SMILES string of the molecule is CC[C@@H](C)[C@@H](CO)NC(=O)C1CC(=O)N(c2cc(OC)c(OC)c(OC)c2)C1. The van der Waals surface area contributed by atoms with E-state index < -0.39 is 5.92 Å². The van der Waals surface area contributed by atoms with E-state index in [0.717, 1.165) is 6.42 Å². The van der Waals surface area contributed by atoms with Gasteiger partial charge in [0.1, 0.15) is 0 Å². The van der Waals surface area contributed by atoms with Gasteiger partial charge in [-0.2, -0.15) is 0 Å². The van der Waals surface area contributed by atoms with Gasteiger partial charge in [0.15, 0.2) is 11.5 Å². The molecule has 0 radical (unpaired) electrons. The third kappa shape index (κ3) is 4.49. The first-order valence-corrected chi connectivity index (χ1v) is 9.41. The predicted octanol–water partition coefficient (Wildman–Crippen LogP) is 1.59. The van der Waals surface area contributed by atoms with E-state index in [4.69, 9.17) is 14.2 Å². The maximum Gasteiger partial charge on any atom is 0.227 e. The number of amides is 2. The predicted molar refractivity (Wildman–Crippen MR) is 105 cm³/mol. The summed E-state index contributed by atoms with van der Waals surface area (Å²) in [6.07, 6.45) is 0.952. The highest BCUT2D eigenvalue weighted by atomic mass is 16.5. The van der Waals surface area contributed by atoms with E-state index in [-0.39, 0.29) is 43.3 Å². The molecule has 1 saturated heterocycles. The minimum atomic E-state index is -0.482. The van der Waals surface area contributed by atoms with Crippen molar-refractivity contribution in [2.24, 2.45) is 11.8 Å². The molecule has 0 bridgehead atoms. The summed E-state index contributed by atoms with van der Waals surface area (Å²) in [5.74, 6) is 0.612. The Morgan fingerprint density at radius 2 is 1.86 bits per heavy atom. The van der Waals surface area contributed by atoms with Crippen molar-refractivity contribution in [3.63, 3.8) is 0 Å². The van der Waals surface area contributed by atoms with Gasteiger partial charge in [-0.15, -0.1) is 0 Å². The first-order valence-electron chi connectivity index (χ1n) is 9.41. The molecule has 0 aromatic heterocycles. The van der Waals surface area contributed by atoms with Gasteiger partial charge in [0.25, 0.3) is 0 Å². The molecule has 0 aliphatic carbocycles. The Morgan fingerprint density at radius 3 is 2.32 bits per heavy atom. The van der Waals surface area contributed by atoms with E-state index in [1.165, 1.54) is 21.3 Å². The molecule has 8 nitrogen and oxygen atoms in total. The van der Waals surface area contributed by atoms with Crippen LogP contribution in [-0.4, -0.2) is 57.4 Å². The number of ether oxygens (including phenoxy) is 3. The molecule has 2 amide bonds. The van der Waals surface area contributed by atoms with Crippen LogP contribution in [-0.2, 0) is 9.59 Å². The van der Waals surface area contributed by atoms with Crippen LogP contribution >= 0.6 is 0 Å². The van der Waals surface area contributed by atoms with Gasteiger partial charge in [0.05, 0.1) is 45.6 Å². The highest BCUT2D eigenvalue weighted by molar-refractivity contribution is 6.00. The summed E-state index contributed by atoms with van der Waals surface area (Å²) in [4.78, 5) is 26.8. The molecule has 156 valence electrons. The average Bonchev–Trinajstić information content (AvgIpc) is 3.11. The second-order valence-electron chi connectivity index (χ2n) is 6.97. The smallest absolute Gasteiger partial charge is 0.227 e. The Balaban J connectivity index is 2.19. The Bertz CT molecular complexity index is 683. The molecular weight excluding hydrogens is 364 g/mol. The van der Waals surface area contributed by atoms with Gasteiger partial charge in [-0.05, 0) is 5.92 Å². The van der Waals surface area contributed by atoms with Crippen molar-refractivity contribution < 1.29 is 28.9 Å². The molecule has 1 aromatic carbocycles. The number of carbonyl (C=O) groups is 2. The van der Waals surface area contributed by atoms with Gasteiger partial charge in [-0.25, -0.2) is 0 Å². The van der Waals surface area contributed by atoms with Gasteiger partial charge >= 0.3 is 0 Å². The molecule has 2 rings (SSSR count). The fourth-order valence-corrected chi connectivity index (χ4v) is 3.31. The van der Waals surface area contributed by atoms with Crippen molar-refractivity contribution in [3.8, 4) is 17.2 Å². The maximum absolute atomic E-state index is 12.6. The molecule has 0 spiro atoms. The minimum Gasteiger partial charge on any atom is -0.493 e. The second kappa shape index (κ2) is 9.64. The van der Waals surface area contributed by atoms with Crippen LogP contribution in [0.2, 0.25) is 0 Å². The standard InChI is InChI=1S/C20H30N2O6/c1-6-12(2)15(11-23)21-20(25)13-7-18(24)22(10-13)14-8-16(26-3)19(28-5)17(9-14)27-4/h8-9,12-13,15,23H,6-7,10-11H2,1-5H3,(H,21,25)/t12-,13?,15-/m1/s1. The van der Waals surface area contributed by atoms with Crippen LogP contribution in [0.15, 0.2) is 12.1 Å². The molecule has 1 heterocycles. The van der Waals surface area contributed by atoms with E-state index in [9.17, 15) is 14.7 Å². The zero-order valence-corrected chi connectivity index (χ0v) is 17.2. The number of aliphatic hydroxyl groups is 1. The van der Waals surface area contributed by atoms with Crippen LogP contribution < -0.4 is 24.4 Å². The lowest BCUT2D eigenvalue weighted by Gasteiger charge is -2.24. The Labute approximate surface area is 165 Å². The molecule has 3 atom stereocenters. The Hall–Kier alpha value is -2.48. The number of hydrogen-bond acceptors (Lipinski definition) is 6. The quantitative estimate of drug-likeness (QED) is 0.660. The van der Waals surface area contributed by atoms with E-state index in [0.29, 0.717) is 22.9 Å². The van der Waals surface area contributed by atoms with E-state index in [1.54, 1.807) is 17.0 Å². The number of nitrogens with one attached hydrogen (secondary N) is 1. The third-order valence-electron chi connectivity index (χ3n) is 5.31. The number of benzene rings is 1. The zero-order valence-electron chi connectivity index (χ0n) is 17.2. The van der Waals surface area contributed by atoms with Gasteiger partial charge in [-0.3, -0.25) is 9.59 Å². The minimum absolute atomic E-state index is 0.112. The number of anilines is 1.